The fraction of sp³-hybridized carbons (Fsp3) is 0.706. The van der Waals surface area contributed by atoms with Crippen molar-refractivity contribution in [2.75, 3.05) is 6.54 Å². The van der Waals surface area contributed by atoms with E-state index in [2.05, 4.69) is 31.5 Å². The van der Waals surface area contributed by atoms with Crippen LogP contribution in [0.5, 0.6) is 0 Å². The van der Waals surface area contributed by atoms with Crippen LogP contribution in [0.4, 0.5) is 0 Å². The van der Waals surface area contributed by atoms with Crippen molar-refractivity contribution in [2.24, 2.45) is 0 Å². The van der Waals surface area contributed by atoms with Crippen LogP contribution in [0, 0.1) is 0 Å². The van der Waals surface area contributed by atoms with Crippen LogP contribution in [0.25, 0.3) is 0 Å². The number of nitrogens with one attached hydrogen (secondary N) is 1. The van der Waals surface area contributed by atoms with E-state index in [4.69, 9.17) is 4.98 Å². The highest BCUT2D eigenvalue weighted by Gasteiger charge is 2.33. The third kappa shape index (κ3) is 4.31. The number of piperidine rings is 1. The molecule has 0 aromatic carbocycles. The van der Waals surface area contributed by atoms with E-state index in [0.717, 1.165) is 36.5 Å². The average Bonchev–Trinajstić information content (AvgIpc) is 2.95. The smallest absolute Gasteiger partial charge is 0.245 e. The lowest BCUT2D eigenvalue weighted by Crippen LogP contribution is -2.49. The molecule has 0 spiro atoms. The van der Waals surface area contributed by atoms with E-state index >= 15 is 0 Å². The van der Waals surface area contributed by atoms with Gasteiger partial charge in [0, 0.05) is 24.3 Å². The summed E-state index contributed by atoms with van der Waals surface area (Å²) in [6.45, 7) is 10.4. The second kappa shape index (κ2) is 6.99. The van der Waals surface area contributed by atoms with E-state index < -0.39 is 6.04 Å². The molecule has 1 aliphatic rings. The minimum absolute atomic E-state index is 0.0156. The number of amides is 2. The maximum absolute atomic E-state index is 12.7. The Balaban J connectivity index is 2.20. The molecule has 23 heavy (non-hydrogen) atoms. The molecule has 1 saturated heterocycles. The van der Waals surface area contributed by atoms with Crippen molar-refractivity contribution in [3.05, 3.63) is 16.1 Å². The topological polar surface area (TPSA) is 62.3 Å². The Hall–Kier alpha value is -1.43. The molecule has 5 nitrogen and oxygen atoms in total. The van der Waals surface area contributed by atoms with Crippen molar-refractivity contribution in [3.8, 4) is 0 Å². The molecule has 2 amide bonds. The Morgan fingerprint density at radius 1 is 1.39 bits per heavy atom. The van der Waals surface area contributed by atoms with Crippen LogP contribution < -0.4 is 5.32 Å². The first kappa shape index (κ1) is 17.9. The molecule has 0 bridgehead atoms. The summed E-state index contributed by atoms with van der Waals surface area (Å²) < 4.78 is 0. The van der Waals surface area contributed by atoms with Crippen LogP contribution in [0.15, 0.2) is 5.38 Å². The zero-order valence-electron chi connectivity index (χ0n) is 14.7. The number of aromatic nitrogens is 1. The van der Waals surface area contributed by atoms with E-state index in [1.807, 2.05) is 4.90 Å². The van der Waals surface area contributed by atoms with Crippen molar-refractivity contribution >= 4 is 23.2 Å². The quantitative estimate of drug-likeness (QED) is 0.922. The van der Waals surface area contributed by atoms with Gasteiger partial charge in [-0.25, -0.2) is 4.98 Å². The molecule has 0 saturated carbocycles. The molecule has 2 rings (SSSR count). The third-order valence-electron chi connectivity index (χ3n) is 4.15. The Labute approximate surface area is 142 Å². The summed E-state index contributed by atoms with van der Waals surface area (Å²) in [6, 6.07) is -0.455. The first-order valence-corrected chi connectivity index (χ1v) is 9.11. The first-order chi connectivity index (χ1) is 10.7. The molecule has 1 fully saturated rings. The fourth-order valence-electron chi connectivity index (χ4n) is 2.85. The Kier molecular flexibility index (Phi) is 5.45. The summed E-state index contributed by atoms with van der Waals surface area (Å²) in [5.41, 5.74) is 1.09. The molecular formula is C17H27N3O2S. The number of carbonyl (C=O) groups is 2. The largest absolute Gasteiger partial charge is 0.345 e. The number of rotatable bonds is 3. The van der Waals surface area contributed by atoms with Gasteiger partial charge in [-0.1, -0.05) is 20.8 Å². The van der Waals surface area contributed by atoms with Crippen LogP contribution in [0.1, 0.15) is 70.6 Å². The van der Waals surface area contributed by atoms with Crippen molar-refractivity contribution in [2.45, 2.75) is 71.4 Å². The highest BCUT2D eigenvalue weighted by atomic mass is 32.1. The number of thiazole rings is 1. The number of nitrogens with zero attached hydrogens (tertiary/aromatic N) is 2. The lowest BCUT2D eigenvalue weighted by atomic mass is 9.93. The minimum atomic E-state index is -0.491. The Morgan fingerprint density at radius 2 is 2.09 bits per heavy atom. The summed E-state index contributed by atoms with van der Waals surface area (Å²) in [5, 5.41) is 5.81. The normalized spacial score (nSPS) is 20.2. The predicted octanol–water partition coefficient (Wildman–Crippen LogP) is 3.02. The zero-order chi connectivity index (χ0) is 17.2. The predicted molar refractivity (Wildman–Crippen MR) is 92.4 cm³/mol. The summed E-state index contributed by atoms with van der Waals surface area (Å²) in [7, 11) is 0. The summed E-state index contributed by atoms with van der Waals surface area (Å²) in [5.74, 6) is -0.193. The molecule has 1 aliphatic heterocycles. The number of hydrogen-bond donors (Lipinski definition) is 1. The van der Waals surface area contributed by atoms with E-state index in [1.54, 1.807) is 18.3 Å². The number of hydrogen-bond acceptors (Lipinski definition) is 4. The van der Waals surface area contributed by atoms with E-state index in [1.165, 1.54) is 6.92 Å². The van der Waals surface area contributed by atoms with Crippen LogP contribution in [-0.2, 0) is 15.0 Å². The van der Waals surface area contributed by atoms with Crippen molar-refractivity contribution in [1.29, 1.82) is 0 Å². The second-order valence-electron chi connectivity index (χ2n) is 7.29. The van der Waals surface area contributed by atoms with Gasteiger partial charge in [-0.3, -0.25) is 9.59 Å². The van der Waals surface area contributed by atoms with E-state index in [0.29, 0.717) is 0 Å². The van der Waals surface area contributed by atoms with Crippen molar-refractivity contribution < 1.29 is 9.59 Å². The van der Waals surface area contributed by atoms with Gasteiger partial charge < -0.3 is 10.2 Å². The number of likely N-dealkylation sites (tertiary alicyclic amines) is 1. The van der Waals surface area contributed by atoms with Crippen LogP contribution >= 0.6 is 11.3 Å². The molecule has 2 atom stereocenters. The van der Waals surface area contributed by atoms with Gasteiger partial charge in [0.2, 0.25) is 11.8 Å². The Bertz CT molecular complexity index is 577. The standard InChI is InChI=1S/C17H27N3O2S/c1-11(18-12(2)21)16(22)20-9-7-6-8-13(20)15-19-14(10-23-15)17(3,4)5/h10-11,13H,6-9H2,1-5H3,(H,18,21)/t11-,13+/m1/s1. The van der Waals surface area contributed by atoms with Gasteiger partial charge in [-0.2, -0.15) is 0 Å². The van der Waals surface area contributed by atoms with Gasteiger partial charge in [-0.05, 0) is 26.2 Å². The van der Waals surface area contributed by atoms with Gasteiger partial charge in [-0.15, -0.1) is 11.3 Å². The van der Waals surface area contributed by atoms with E-state index in [-0.39, 0.29) is 23.3 Å². The zero-order valence-corrected chi connectivity index (χ0v) is 15.5. The molecule has 6 heteroatoms. The van der Waals surface area contributed by atoms with Crippen LogP contribution in [-0.4, -0.2) is 34.3 Å². The third-order valence-corrected chi connectivity index (χ3v) is 5.10. The van der Waals surface area contributed by atoms with Gasteiger partial charge in [0.1, 0.15) is 11.0 Å². The van der Waals surface area contributed by atoms with Crippen molar-refractivity contribution in [1.82, 2.24) is 15.2 Å². The lowest BCUT2D eigenvalue weighted by molar-refractivity contribution is -0.139. The summed E-state index contributed by atoms with van der Waals surface area (Å²) >= 11 is 1.64. The van der Waals surface area contributed by atoms with E-state index in [9.17, 15) is 9.59 Å². The molecular weight excluding hydrogens is 310 g/mol. The van der Waals surface area contributed by atoms with Gasteiger partial charge in [0.05, 0.1) is 11.7 Å². The summed E-state index contributed by atoms with van der Waals surface area (Å²) in [4.78, 5) is 30.6. The Morgan fingerprint density at radius 3 is 2.65 bits per heavy atom. The molecule has 1 aromatic rings. The van der Waals surface area contributed by atoms with Crippen molar-refractivity contribution in [3.63, 3.8) is 0 Å². The summed E-state index contributed by atoms with van der Waals surface area (Å²) in [6.07, 6.45) is 3.05. The van der Waals surface area contributed by atoms with Gasteiger partial charge in [0.15, 0.2) is 0 Å². The monoisotopic (exact) mass is 337 g/mol. The van der Waals surface area contributed by atoms with Gasteiger partial charge >= 0.3 is 0 Å². The molecule has 2 heterocycles. The average molecular weight is 337 g/mol. The SMILES string of the molecule is CC(=O)N[C@H](C)C(=O)N1CCCC[C@H]1c1nc(C(C)(C)C)cs1. The maximum Gasteiger partial charge on any atom is 0.245 e. The highest BCUT2D eigenvalue weighted by Crippen LogP contribution is 2.35. The fourth-order valence-corrected chi connectivity index (χ4v) is 4.04. The molecule has 0 radical (unpaired) electrons. The molecule has 0 aliphatic carbocycles. The molecule has 128 valence electrons. The molecule has 1 N–H and O–H groups in total. The second-order valence-corrected chi connectivity index (χ2v) is 8.18. The lowest BCUT2D eigenvalue weighted by Gasteiger charge is -2.36. The van der Waals surface area contributed by atoms with Crippen LogP contribution in [0.2, 0.25) is 0 Å². The maximum atomic E-state index is 12.7. The highest BCUT2D eigenvalue weighted by molar-refractivity contribution is 7.09. The van der Waals surface area contributed by atoms with Gasteiger partial charge in [0.25, 0.3) is 0 Å². The molecule has 1 aromatic heterocycles. The first-order valence-electron chi connectivity index (χ1n) is 8.23. The van der Waals surface area contributed by atoms with Crippen LogP contribution in [0.3, 0.4) is 0 Å². The number of carbonyl (C=O) groups excluding carboxylic acids is 2. The minimum Gasteiger partial charge on any atom is -0.345 e. The molecule has 0 unspecified atom stereocenters.